The first-order chi connectivity index (χ1) is 14.8. The molecule has 0 saturated carbocycles. The van der Waals surface area contributed by atoms with Crippen LogP contribution in [0.25, 0.3) is 0 Å². The van der Waals surface area contributed by atoms with E-state index in [1.54, 1.807) is 24.0 Å². The van der Waals surface area contributed by atoms with Gasteiger partial charge in [0.1, 0.15) is 24.1 Å². The third kappa shape index (κ3) is 4.04. The first-order valence-electron chi connectivity index (χ1n) is 9.85. The summed E-state index contributed by atoms with van der Waals surface area (Å²) in [5, 5.41) is 9.11. The van der Waals surface area contributed by atoms with Gasteiger partial charge in [0.15, 0.2) is 0 Å². The first-order valence-corrected chi connectivity index (χ1v) is 11.3. The van der Waals surface area contributed by atoms with Crippen LogP contribution in [0.1, 0.15) is 18.3 Å². The van der Waals surface area contributed by atoms with Gasteiger partial charge in [-0.05, 0) is 25.1 Å². The first kappa shape index (κ1) is 21.0. The van der Waals surface area contributed by atoms with E-state index in [-0.39, 0.29) is 29.6 Å². The Kier molecular flexibility index (Phi) is 5.51. The van der Waals surface area contributed by atoms with E-state index in [0.717, 1.165) is 0 Å². The van der Waals surface area contributed by atoms with Gasteiger partial charge in [-0.2, -0.15) is 9.57 Å². The molecule has 3 heterocycles. The lowest BCUT2D eigenvalue weighted by Gasteiger charge is -2.34. The standard InChI is InChI=1S/C20H22N6O4S/c1-14-11-16(13-21)23-20(22-14)24-5-7-25(8-6-24)31(28,29)17-3-4-18-19(12-17)30-10-9-26(18)15(2)27/h3-4,11-12H,5-10H2,1-2H3. The van der Waals surface area contributed by atoms with E-state index >= 15 is 0 Å². The minimum absolute atomic E-state index is 0.116. The van der Waals surface area contributed by atoms with Crippen LogP contribution in [0.15, 0.2) is 29.2 Å². The number of piperazine rings is 1. The van der Waals surface area contributed by atoms with Crippen LogP contribution in [0.3, 0.4) is 0 Å². The Bertz CT molecular complexity index is 1170. The summed E-state index contributed by atoms with van der Waals surface area (Å²) in [4.78, 5) is 24.0. The molecule has 4 rings (SSSR count). The maximum Gasteiger partial charge on any atom is 0.243 e. The van der Waals surface area contributed by atoms with Crippen molar-refractivity contribution in [3.8, 4) is 11.8 Å². The number of nitriles is 1. The number of benzene rings is 1. The van der Waals surface area contributed by atoms with Gasteiger partial charge in [0, 0.05) is 44.9 Å². The molecule has 0 N–H and O–H groups in total. The van der Waals surface area contributed by atoms with Crippen molar-refractivity contribution >= 4 is 27.6 Å². The zero-order chi connectivity index (χ0) is 22.2. The highest BCUT2D eigenvalue weighted by atomic mass is 32.2. The Balaban J connectivity index is 1.52. The third-order valence-electron chi connectivity index (χ3n) is 5.29. The SMILES string of the molecule is CC(=O)N1CCOc2cc(S(=O)(=O)N3CCN(c4nc(C)cc(C#N)n4)CC3)ccc21. The quantitative estimate of drug-likeness (QED) is 0.688. The molecule has 1 fully saturated rings. The lowest BCUT2D eigenvalue weighted by atomic mass is 10.2. The summed E-state index contributed by atoms with van der Waals surface area (Å²) in [5.41, 5.74) is 1.55. The number of rotatable bonds is 3. The minimum Gasteiger partial charge on any atom is -0.489 e. The second-order valence-electron chi connectivity index (χ2n) is 7.35. The van der Waals surface area contributed by atoms with E-state index in [4.69, 9.17) is 10.00 Å². The molecule has 0 bridgehead atoms. The van der Waals surface area contributed by atoms with Crippen molar-refractivity contribution in [2.45, 2.75) is 18.7 Å². The van der Waals surface area contributed by atoms with Crippen molar-refractivity contribution in [1.82, 2.24) is 14.3 Å². The predicted octanol–water partition coefficient (Wildman–Crippen LogP) is 0.913. The largest absolute Gasteiger partial charge is 0.489 e. The van der Waals surface area contributed by atoms with Gasteiger partial charge in [-0.1, -0.05) is 0 Å². The second kappa shape index (κ2) is 8.13. The molecule has 11 heteroatoms. The zero-order valence-electron chi connectivity index (χ0n) is 17.3. The summed E-state index contributed by atoms with van der Waals surface area (Å²) < 4.78 is 33.4. The number of anilines is 2. The Morgan fingerprint density at radius 2 is 1.87 bits per heavy atom. The van der Waals surface area contributed by atoms with Crippen molar-refractivity contribution < 1.29 is 17.9 Å². The lowest BCUT2D eigenvalue weighted by molar-refractivity contribution is -0.116. The molecule has 1 aromatic carbocycles. The van der Waals surface area contributed by atoms with E-state index in [2.05, 4.69) is 9.97 Å². The highest BCUT2D eigenvalue weighted by molar-refractivity contribution is 7.89. The van der Waals surface area contributed by atoms with Crippen LogP contribution in [0.5, 0.6) is 5.75 Å². The Hall–Kier alpha value is -3.23. The summed E-state index contributed by atoms with van der Waals surface area (Å²) in [6, 6.07) is 8.23. The number of sulfonamides is 1. The van der Waals surface area contributed by atoms with Gasteiger partial charge in [-0.3, -0.25) is 4.79 Å². The van der Waals surface area contributed by atoms with E-state index in [9.17, 15) is 13.2 Å². The number of nitrogens with zero attached hydrogens (tertiary/aromatic N) is 6. The Morgan fingerprint density at radius 1 is 1.13 bits per heavy atom. The zero-order valence-corrected chi connectivity index (χ0v) is 18.1. The molecule has 162 valence electrons. The van der Waals surface area contributed by atoms with E-state index in [1.807, 2.05) is 11.0 Å². The number of fused-ring (bicyclic) bond motifs is 1. The van der Waals surface area contributed by atoms with Gasteiger partial charge in [0.05, 0.1) is 17.1 Å². The Labute approximate surface area is 180 Å². The normalized spacial score (nSPS) is 16.9. The fraction of sp³-hybridized carbons (Fsp3) is 0.400. The van der Waals surface area contributed by atoms with Gasteiger partial charge >= 0.3 is 0 Å². The molecule has 1 amide bonds. The van der Waals surface area contributed by atoms with E-state index in [1.165, 1.54) is 23.4 Å². The average Bonchev–Trinajstić information content (AvgIpc) is 2.77. The van der Waals surface area contributed by atoms with Crippen LogP contribution in [-0.2, 0) is 14.8 Å². The number of carbonyl (C=O) groups is 1. The number of hydrogen-bond acceptors (Lipinski definition) is 8. The monoisotopic (exact) mass is 442 g/mol. The molecule has 0 atom stereocenters. The highest BCUT2D eigenvalue weighted by Crippen LogP contribution is 2.34. The van der Waals surface area contributed by atoms with Gasteiger partial charge < -0.3 is 14.5 Å². The molecule has 0 aliphatic carbocycles. The van der Waals surface area contributed by atoms with Crippen LogP contribution >= 0.6 is 0 Å². The smallest absolute Gasteiger partial charge is 0.243 e. The summed E-state index contributed by atoms with van der Waals surface area (Å²) in [6.07, 6.45) is 0. The number of aryl methyl sites for hydroxylation is 1. The van der Waals surface area contributed by atoms with Gasteiger partial charge in [-0.25, -0.2) is 18.4 Å². The number of hydrogen-bond donors (Lipinski definition) is 0. The summed E-state index contributed by atoms with van der Waals surface area (Å²) in [6.45, 7) is 5.36. The number of carbonyl (C=O) groups excluding carboxylic acids is 1. The van der Waals surface area contributed by atoms with Crippen molar-refractivity contribution in [1.29, 1.82) is 5.26 Å². The molecular weight excluding hydrogens is 420 g/mol. The van der Waals surface area contributed by atoms with Gasteiger partial charge in [0.25, 0.3) is 0 Å². The second-order valence-corrected chi connectivity index (χ2v) is 9.28. The fourth-order valence-electron chi connectivity index (χ4n) is 3.72. The van der Waals surface area contributed by atoms with Crippen molar-refractivity contribution in [2.24, 2.45) is 0 Å². The molecule has 31 heavy (non-hydrogen) atoms. The number of aromatic nitrogens is 2. The highest BCUT2D eigenvalue weighted by Gasteiger charge is 2.31. The van der Waals surface area contributed by atoms with Crippen LogP contribution in [0.4, 0.5) is 11.6 Å². The number of amides is 1. The van der Waals surface area contributed by atoms with Crippen molar-refractivity contribution in [3.05, 3.63) is 35.7 Å². The topological polar surface area (TPSA) is 120 Å². The predicted molar refractivity (Wildman–Crippen MR) is 112 cm³/mol. The average molecular weight is 443 g/mol. The van der Waals surface area contributed by atoms with Crippen LogP contribution in [0.2, 0.25) is 0 Å². The fourth-order valence-corrected chi connectivity index (χ4v) is 5.16. The molecule has 0 radical (unpaired) electrons. The molecule has 2 aromatic rings. The summed E-state index contributed by atoms with van der Waals surface area (Å²) in [5.74, 6) is 0.702. The maximum atomic E-state index is 13.2. The molecule has 2 aliphatic rings. The molecule has 0 spiro atoms. The molecular formula is C20H22N6O4S. The number of ether oxygens (including phenoxy) is 1. The van der Waals surface area contributed by atoms with Gasteiger partial charge in [-0.15, -0.1) is 0 Å². The summed E-state index contributed by atoms with van der Waals surface area (Å²) >= 11 is 0. The van der Waals surface area contributed by atoms with Crippen LogP contribution in [0, 0.1) is 18.3 Å². The lowest BCUT2D eigenvalue weighted by Crippen LogP contribution is -2.49. The van der Waals surface area contributed by atoms with Crippen molar-refractivity contribution in [2.75, 3.05) is 49.1 Å². The van der Waals surface area contributed by atoms with E-state index < -0.39 is 10.0 Å². The molecule has 1 saturated heterocycles. The molecule has 0 unspecified atom stereocenters. The molecule has 2 aliphatic heterocycles. The minimum atomic E-state index is -3.73. The van der Waals surface area contributed by atoms with E-state index in [0.29, 0.717) is 49.3 Å². The third-order valence-corrected chi connectivity index (χ3v) is 7.19. The molecule has 1 aromatic heterocycles. The van der Waals surface area contributed by atoms with Crippen LogP contribution in [-0.4, -0.2) is 67.9 Å². The Morgan fingerprint density at radius 3 is 2.55 bits per heavy atom. The van der Waals surface area contributed by atoms with Crippen molar-refractivity contribution in [3.63, 3.8) is 0 Å². The van der Waals surface area contributed by atoms with Crippen LogP contribution < -0.4 is 14.5 Å². The molecule has 10 nitrogen and oxygen atoms in total. The maximum absolute atomic E-state index is 13.2. The van der Waals surface area contributed by atoms with Gasteiger partial charge in [0.2, 0.25) is 21.9 Å². The summed E-state index contributed by atoms with van der Waals surface area (Å²) in [7, 11) is -3.73.